The number of pyridine rings is 1. The number of anilines is 1. The van der Waals surface area contributed by atoms with E-state index in [9.17, 15) is 19.5 Å². The Bertz CT molecular complexity index is 1990. The third-order valence-electron chi connectivity index (χ3n) is 12.7. The van der Waals surface area contributed by atoms with Crippen LogP contribution >= 0.6 is 0 Å². The summed E-state index contributed by atoms with van der Waals surface area (Å²) >= 11 is 0. The van der Waals surface area contributed by atoms with Crippen LogP contribution in [0.4, 0.5) is 5.69 Å². The van der Waals surface area contributed by atoms with E-state index >= 15 is 0 Å². The van der Waals surface area contributed by atoms with Gasteiger partial charge in [0.1, 0.15) is 18.6 Å². The summed E-state index contributed by atoms with van der Waals surface area (Å²) in [5, 5.41) is 23.6. The normalized spacial score (nSPS) is 29.8. The molecule has 4 heterocycles. The second kappa shape index (κ2) is 11.3. The first kappa shape index (κ1) is 31.6. The maximum Gasteiger partial charge on any atom is 0.276 e. The number of hydrogen-bond acceptors (Lipinski definition) is 10. The second-order valence-electron chi connectivity index (χ2n) is 15.6. The van der Waals surface area contributed by atoms with Gasteiger partial charge in [-0.3, -0.25) is 14.4 Å². The van der Waals surface area contributed by atoms with E-state index in [1.165, 1.54) is 19.2 Å². The molecule has 5 saturated carbocycles. The summed E-state index contributed by atoms with van der Waals surface area (Å²) in [4.78, 5) is 55.7. The lowest BCUT2D eigenvalue weighted by Gasteiger charge is -2.71. The Morgan fingerprint density at radius 1 is 1.06 bits per heavy atom. The van der Waals surface area contributed by atoms with Gasteiger partial charge in [0, 0.05) is 37.5 Å². The molecule has 3 aromatic rings. The largest absolute Gasteiger partial charge is 0.504 e. The van der Waals surface area contributed by atoms with Crippen molar-refractivity contribution in [3.63, 3.8) is 0 Å². The van der Waals surface area contributed by atoms with Gasteiger partial charge in [-0.15, -0.1) is 10.2 Å². The van der Waals surface area contributed by atoms with Crippen molar-refractivity contribution in [2.24, 2.45) is 11.3 Å². The number of nitrogens with zero attached hydrogens (tertiary/aromatic N) is 8. The molecule has 0 aromatic carbocycles. The van der Waals surface area contributed by atoms with Crippen LogP contribution in [0, 0.1) is 18.3 Å². The van der Waals surface area contributed by atoms with Crippen LogP contribution in [0.1, 0.15) is 93.0 Å². The number of nitrogens with one attached hydrogen (secondary N) is 1. The van der Waals surface area contributed by atoms with Gasteiger partial charge in [0.15, 0.2) is 22.6 Å². The number of piperazine rings is 1. The summed E-state index contributed by atoms with van der Waals surface area (Å²) < 4.78 is 7.47. The quantitative estimate of drug-likeness (QED) is 0.343. The molecule has 50 heavy (non-hydrogen) atoms. The molecule has 10 rings (SSSR count). The predicted octanol–water partition coefficient (Wildman–Crippen LogP) is 2.94. The maximum atomic E-state index is 14.6. The molecule has 0 radical (unpaired) electrons. The van der Waals surface area contributed by atoms with E-state index in [0.717, 1.165) is 62.3 Å². The SMILES string of the molecule is CCc1c(N2CCN(C(=O)c3ncnc(C)c3O)[C@H]3CC[C@@H]32)c(=O)c2nn(C3=CCC(OC)CC3)nc2n1CC(=O)NC12CC(C3CC3)(C1)C2. The van der Waals surface area contributed by atoms with Crippen LogP contribution in [-0.4, -0.2) is 95.3 Å². The van der Waals surface area contributed by atoms with Crippen molar-refractivity contribution in [1.29, 1.82) is 0 Å². The molecule has 6 fully saturated rings. The highest BCUT2D eigenvalue weighted by molar-refractivity contribution is 5.95. The maximum absolute atomic E-state index is 14.6. The monoisotopic (exact) mass is 683 g/mol. The average molecular weight is 684 g/mol. The Kier molecular flexibility index (Phi) is 7.18. The molecule has 3 atom stereocenters. The number of carbonyl (C=O) groups is 2. The first-order valence-corrected chi connectivity index (χ1v) is 18.3. The molecule has 6 aliphatic carbocycles. The highest BCUT2D eigenvalue weighted by Crippen LogP contribution is 2.75. The van der Waals surface area contributed by atoms with Gasteiger partial charge in [0.2, 0.25) is 11.3 Å². The molecule has 7 aliphatic rings. The zero-order valence-corrected chi connectivity index (χ0v) is 29.0. The fourth-order valence-corrected chi connectivity index (χ4v) is 9.91. The third-order valence-corrected chi connectivity index (χ3v) is 12.7. The fraction of sp³-hybridized carbons (Fsp3) is 0.639. The fourth-order valence-electron chi connectivity index (χ4n) is 9.91. The number of methoxy groups -OCH3 is 1. The lowest BCUT2D eigenvalue weighted by Crippen LogP contribution is -2.75. The predicted molar refractivity (Wildman–Crippen MR) is 184 cm³/mol. The number of allylic oxidation sites excluding steroid dienone is 1. The molecule has 0 spiro atoms. The van der Waals surface area contributed by atoms with E-state index in [1.807, 2.05) is 11.5 Å². The van der Waals surface area contributed by atoms with Gasteiger partial charge in [-0.2, -0.15) is 4.80 Å². The smallest absolute Gasteiger partial charge is 0.276 e. The number of ether oxygens (including phenoxy) is 1. The average Bonchev–Trinajstić information content (AvgIpc) is 3.81. The minimum absolute atomic E-state index is 0.00199. The highest BCUT2D eigenvalue weighted by Gasteiger charge is 2.72. The zero-order valence-electron chi connectivity index (χ0n) is 29.0. The van der Waals surface area contributed by atoms with Crippen molar-refractivity contribution < 1.29 is 19.4 Å². The van der Waals surface area contributed by atoms with E-state index < -0.39 is 0 Å². The molecule has 1 unspecified atom stereocenters. The lowest BCUT2D eigenvalue weighted by atomic mass is 9.37. The molecular weight excluding hydrogens is 638 g/mol. The van der Waals surface area contributed by atoms with Crippen LogP contribution in [-0.2, 0) is 22.5 Å². The Balaban J connectivity index is 1.06. The Labute approximate surface area is 289 Å². The molecule has 14 nitrogen and oxygen atoms in total. The number of hydrogen-bond donors (Lipinski definition) is 2. The Morgan fingerprint density at radius 2 is 1.84 bits per heavy atom. The molecule has 1 aliphatic heterocycles. The molecular formula is C36H45N9O5. The summed E-state index contributed by atoms with van der Waals surface area (Å²) in [6.45, 7) is 4.48. The summed E-state index contributed by atoms with van der Waals surface area (Å²) in [6.07, 6.45) is 13.8. The summed E-state index contributed by atoms with van der Waals surface area (Å²) in [5.41, 5.74) is 3.39. The molecule has 3 aromatic heterocycles. The first-order valence-electron chi connectivity index (χ1n) is 18.3. The number of fused-ring (bicyclic) bond motifs is 2. The van der Waals surface area contributed by atoms with E-state index in [0.29, 0.717) is 48.4 Å². The minimum Gasteiger partial charge on any atom is -0.504 e. The number of amides is 2. The van der Waals surface area contributed by atoms with Crippen molar-refractivity contribution >= 4 is 34.4 Å². The molecule has 2 N–H and O–H groups in total. The van der Waals surface area contributed by atoms with Gasteiger partial charge in [0.25, 0.3) is 5.91 Å². The van der Waals surface area contributed by atoms with E-state index in [2.05, 4.69) is 26.3 Å². The highest BCUT2D eigenvalue weighted by atomic mass is 16.5. The second-order valence-corrected chi connectivity index (χ2v) is 15.6. The van der Waals surface area contributed by atoms with Gasteiger partial charge in [0.05, 0.1) is 23.5 Å². The van der Waals surface area contributed by atoms with Gasteiger partial charge < -0.3 is 29.5 Å². The summed E-state index contributed by atoms with van der Waals surface area (Å²) in [6, 6.07) is -0.251. The van der Waals surface area contributed by atoms with Crippen molar-refractivity contribution in [2.75, 3.05) is 25.1 Å². The van der Waals surface area contributed by atoms with Crippen LogP contribution in [0.5, 0.6) is 5.75 Å². The van der Waals surface area contributed by atoms with Gasteiger partial charge >= 0.3 is 0 Å². The van der Waals surface area contributed by atoms with Gasteiger partial charge in [-0.25, -0.2) is 9.97 Å². The van der Waals surface area contributed by atoms with Gasteiger partial charge in [-0.1, -0.05) is 13.0 Å². The van der Waals surface area contributed by atoms with Crippen LogP contribution in [0.15, 0.2) is 17.2 Å². The van der Waals surface area contributed by atoms with Crippen LogP contribution in [0.25, 0.3) is 16.9 Å². The summed E-state index contributed by atoms with van der Waals surface area (Å²) in [5.74, 6) is 0.246. The summed E-state index contributed by atoms with van der Waals surface area (Å²) in [7, 11) is 1.72. The van der Waals surface area contributed by atoms with Crippen LogP contribution in [0.3, 0.4) is 0 Å². The molecule has 264 valence electrons. The van der Waals surface area contributed by atoms with Crippen LogP contribution < -0.4 is 15.6 Å². The van der Waals surface area contributed by atoms with Crippen molar-refractivity contribution in [3.8, 4) is 5.75 Å². The van der Waals surface area contributed by atoms with E-state index in [1.54, 1.807) is 23.7 Å². The van der Waals surface area contributed by atoms with Crippen LogP contribution in [0.2, 0.25) is 0 Å². The standard InChI is InChI=1S/C36H45N9O5/c1-4-24-30(42-13-14-43(26-12-11-25(26)42)34(49)29-31(47)20(2)37-19-38-29)32(48)28-33(41-45(40-28)22-7-9-23(50-3)10-8-22)44(24)15-27(46)39-36-16-35(17-36,18-36)21-5-6-21/h7,19,21,23,25-26,47H,4-6,8-18H2,1-3H3,(H,39,46)/t23?,25-,26-,35?,36?/m0/s1. The van der Waals surface area contributed by atoms with Gasteiger partial charge in [-0.05, 0) is 88.9 Å². The topological polar surface area (TPSA) is 161 Å². The number of rotatable bonds is 9. The lowest BCUT2D eigenvalue weighted by molar-refractivity contribution is -0.176. The van der Waals surface area contributed by atoms with Crippen molar-refractivity contribution in [2.45, 2.75) is 115 Å². The Morgan fingerprint density at radius 3 is 2.50 bits per heavy atom. The minimum atomic E-state index is -0.334. The van der Waals surface area contributed by atoms with Crippen molar-refractivity contribution in [3.05, 3.63) is 39.7 Å². The third kappa shape index (κ3) is 4.73. The number of aryl methyl sites for hydroxylation is 1. The number of aromatic hydroxyl groups is 1. The Hall–Kier alpha value is -4.33. The zero-order chi connectivity index (χ0) is 34.5. The number of aromatic nitrogens is 6. The number of carbonyl (C=O) groups excluding carboxylic acids is 2. The van der Waals surface area contributed by atoms with E-state index in [4.69, 9.17) is 14.9 Å². The molecule has 2 bridgehead atoms. The van der Waals surface area contributed by atoms with Crippen molar-refractivity contribution in [1.82, 2.24) is 39.7 Å². The van der Waals surface area contributed by atoms with E-state index in [-0.39, 0.29) is 64.5 Å². The molecule has 1 saturated heterocycles. The first-order chi connectivity index (χ1) is 24.1. The molecule has 2 amide bonds. The molecule has 14 heteroatoms.